The van der Waals surface area contributed by atoms with Crippen molar-refractivity contribution in [2.45, 2.75) is 80.9 Å². The summed E-state index contributed by atoms with van der Waals surface area (Å²) >= 11 is 0. The number of nitrogens with one attached hydrogen (secondary N) is 1. The van der Waals surface area contributed by atoms with Gasteiger partial charge in [-0.25, -0.2) is 4.79 Å². The van der Waals surface area contributed by atoms with Crippen LogP contribution in [0.3, 0.4) is 0 Å². The Morgan fingerprint density at radius 3 is 2.20 bits per heavy atom. The molecule has 1 aliphatic heterocycles. The van der Waals surface area contributed by atoms with Gasteiger partial charge < -0.3 is 39.8 Å². The predicted octanol–water partition coefficient (Wildman–Crippen LogP) is 3.38. The highest BCUT2D eigenvalue weighted by atomic mass is 16.5. The van der Waals surface area contributed by atoms with Crippen molar-refractivity contribution in [3.05, 3.63) is 35.5 Å². The van der Waals surface area contributed by atoms with Crippen LogP contribution in [-0.4, -0.2) is 93.8 Å². The minimum Gasteiger partial charge on any atom is -0.481 e. The Bertz CT molecular complexity index is 1170. The maximum Gasteiger partial charge on any atom is 0.336 e. The third kappa shape index (κ3) is 7.01. The van der Waals surface area contributed by atoms with Gasteiger partial charge in [-0.15, -0.1) is 0 Å². The molecule has 2 heterocycles. The van der Waals surface area contributed by atoms with Gasteiger partial charge in [0.2, 0.25) is 0 Å². The number of hydrogen-bond donors (Lipinski definition) is 5. The van der Waals surface area contributed by atoms with Crippen molar-refractivity contribution in [3.8, 4) is 0 Å². The molecule has 0 radical (unpaired) electrons. The largest absolute Gasteiger partial charge is 0.481 e. The zero-order chi connectivity index (χ0) is 29.6. The predicted molar refractivity (Wildman–Crippen MR) is 147 cm³/mol. The molecular weight excluding hydrogens is 520 g/mol. The summed E-state index contributed by atoms with van der Waals surface area (Å²) in [6.45, 7) is 1.71. The third-order valence-electron chi connectivity index (χ3n) is 8.46. The number of H-pyrrole nitrogens is 1. The van der Waals surface area contributed by atoms with Gasteiger partial charge in [0.25, 0.3) is 0 Å². The summed E-state index contributed by atoms with van der Waals surface area (Å²) in [7, 11) is 6.30. The maximum atomic E-state index is 10.3. The number of carbonyl (C=O) groups is 3. The number of ether oxygens (including phenoxy) is 2. The minimum atomic E-state index is -2.74. The fourth-order valence-electron chi connectivity index (χ4n) is 6.12. The number of unbranched alkanes of at least 4 members (excludes halogenated alkanes) is 1. The van der Waals surface area contributed by atoms with Gasteiger partial charge in [0.1, 0.15) is 5.60 Å². The summed E-state index contributed by atoms with van der Waals surface area (Å²) in [6, 6.07) is 8.73. The first-order valence-corrected chi connectivity index (χ1v) is 13.7. The molecule has 1 spiro atoms. The molecule has 0 amide bonds. The van der Waals surface area contributed by atoms with Crippen molar-refractivity contribution < 1.29 is 44.3 Å². The third-order valence-corrected chi connectivity index (χ3v) is 8.46. The maximum absolute atomic E-state index is 10.3. The first kappa shape index (κ1) is 31.5. The van der Waals surface area contributed by atoms with E-state index in [9.17, 15) is 14.4 Å². The number of rotatable bonds is 11. The van der Waals surface area contributed by atoms with Crippen LogP contribution in [0.1, 0.15) is 69.0 Å². The molecule has 1 aromatic heterocycles. The van der Waals surface area contributed by atoms with Gasteiger partial charge in [-0.1, -0.05) is 18.2 Å². The van der Waals surface area contributed by atoms with Crippen LogP contribution in [0.5, 0.6) is 0 Å². The van der Waals surface area contributed by atoms with Crippen molar-refractivity contribution >= 4 is 28.8 Å². The van der Waals surface area contributed by atoms with Crippen molar-refractivity contribution in [3.63, 3.8) is 0 Å². The van der Waals surface area contributed by atoms with E-state index in [0.717, 1.165) is 38.9 Å². The Hall–Kier alpha value is -2.99. The molecule has 1 fully saturated rings. The topological polar surface area (TPSA) is 170 Å². The van der Waals surface area contributed by atoms with Crippen LogP contribution in [0, 0.1) is 0 Å². The van der Waals surface area contributed by atoms with Gasteiger partial charge in [0, 0.05) is 30.2 Å². The summed E-state index contributed by atoms with van der Waals surface area (Å²) in [5, 5.41) is 35.2. The van der Waals surface area contributed by atoms with E-state index in [-0.39, 0.29) is 5.60 Å². The van der Waals surface area contributed by atoms with Gasteiger partial charge in [-0.2, -0.15) is 0 Å². The smallest absolute Gasteiger partial charge is 0.336 e. The number of nitrogens with zero attached hydrogens (tertiary/aromatic N) is 1. The second kappa shape index (κ2) is 13.1. The first-order chi connectivity index (χ1) is 18.9. The Balaban J connectivity index is 0.000000289. The van der Waals surface area contributed by atoms with Crippen LogP contribution >= 0.6 is 0 Å². The normalized spacial score (nSPS) is 22.5. The number of fused-ring (bicyclic) bond motifs is 4. The standard InChI is InChI=1S/C23H34N2O2.C6H8O7/c1-25(2)22(11-6-7-16-26-3)12-14-23(15-13-22)21-19(10-17-27-23)18-8-4-5-9-20(18)24-21;7-3(8)1-6(13,5(11)12)2-4(9)10/h4-5,8-9,24H,6-7,10-17H2,1-3H3;13H,1-2H2,(H,7,8)(H,9,10)(H,11,12). The number of hydrogen-bond acceptors (Lipinski definition) is 7. The number of aromatic amines is 1. The number of methoxy groups -OCH3 is 1. The van der Waals surface area contributed by atoms with E-state index in [0.29, 0.717) is 5.54 Å². The molecule has 40 heavy (non-hydrogen) atoms. The zero-order valence-corrected chi connectivity index (χ0v) is 23.6. The van der Waals surface area contributed by atoms with E-state index in [1.54, 1.807) is 7.11 Å². The van der Waals surface area contributed by atoms with Crippen LogP contribution in [0.2, 0.25) is 0 Å². The lowest BCUT2D eigenvalue weighted by molar-refractivity contribution is -0.170. The SMILES string of the molecule is COCCCCC1(N(C)C)CCC2(CC1)OCCc1c2[nH]c2ccccc12.O=C(O)CC(O)(CC(=O)O)C(=O)O. The van der Waals surface area contributed by atoms with Crippen LogP contribution < -0.4 is 0 Å². The fraction of sp³-hybridized carbons (Fsp3) is 0.621. The minimum absolute atomic E-state index is 0.112. The molecule has 1 aromatic carbocycles. The highest BCUT2D eigenvalue weighted by Gasteiger charge is 2.48. The van der Waals surface area contributed by atoms with E-state index in [1.165, 1.54) is 47.8 Å². The number of aliphatic carboxylic acids is 3. The van der Waals surface area contributed by atoms with Crippen LogP contribution in [-0.2, 0) is 35.9 Å². The van der Waals surface area contributed by atoms with Crippen molar-refractivity contribution in [1.82, 2.24) is 9.88 Å². The fourth-order valence-corrected chi connectivity index (χ4v) is 6.12. The number of para-hydroxylation sites is 1. The average Bonchev–Trinajstić information content (AvgIpc) is 3.28. The lowest BCUT2D eigenvalue weighted by atomic mass is 9.69. The number of aliphatic hydroxyl groups is 1. The molecule has 0 atom stereocenters. The molecule has 2 aliphatic rings. The molecular formula is C29H42N2O9. The Morgan fingerprint density at radius 1 is 1.02 bits per heavy atom. The van der Waals surface area contributed by atoms with Gasteiger partial charge in [-0.05, 0) is 77.1 Å². The Kier molecular flexibility index (Phi) is 10.3. The number of aromatic nitrogens is 1. The highest BCUT2D eigenvalue weighted by molar-refractivity contribution is 5.88. The van der Waals surface area contributed by atoms with Crippen molar-refractivity contribution in [1.29, 1.82) is 0 Å². The lowest BCUT2D eigenvalue weighted by Gasteiger charge is -2.50. The molecule has 0 bridgehead atoms. The molecule has 11 heteroatoms. The molecule has 11 nitrogen and oxygen atoms in total. The van der Waals surface area contributed by atoms with Crippen LogP contribution in [0.25, 0.3) is 10.9 Å². The molecule has 0 saturated heterocycles. The van der Waals surface area contributed by atoms with Gasteiger partial charge in [-0.3, -0.25) is 9.59 Å². The summed E-state index contributed by atoms with van der Waals surface area (Å²) in [5.74, 6) is -5.02. The molecule has 0 unspecified atom stereocenters. The van der Waals surface area contributed by atoms with Crippen molar-refractivity contribution in [2.75, 3.05) is 34.4 Å². The second-order valence-corrected chi connectivity index (χ2v) is 11.2. The lowest BCUT2D eigenvalue weighted by Crippen LogP contribution is -2.52. The molecule has 4 rings (SSSR count). The van der Waals surface area contributed by atoms with Gasteiger partial charge >= 0.3 is 17.9 Å². The quantitative estimate of drug-likeness (QED) is 0.256. The summed E-state index contributed by atoms with van der Waals surface area (Å²) in [5.41, 5.74) is 1.56. The monoisotopic (exact) mass is 562 g/mol. The highest BCUT2D eigenvalue weighted by Crippen LogP contribution is 2.50. The van der Waals surface area contributed by atoms with Gasteiger partial charge in [0.15, 0.2) is 5.60 Å². The zero-order valence-electron chi connectivity index (χ0n) is 23.6. The number of carboxylic acids is 3. The van der Waals surface area contributed by atoms with E-state index < -0.39 is 36.4 Å². The number of benzene rings is 1. The summed E-state index contributed by atoms with van der Waals surface area (Å²) in [6.07, 6.45) is 6.98. The molecule has 1 saturated carbocycles. The van der Waals surface area contributed by atoms with E-state index in [2.05, 4.69) is 48.2 Å². The van der Waals surface area contributed by atoms with Crippen LogP contribution in [0.15, 0.2) is 24.3 Å². The van der Waals surface area contributed by atoms with E-state index in [4.69, 9.17) is 29.9 Å². The number of carboxylic acid groups (broad SMARTS) is 3. The second-order valence-electron chi connectivity index (χ2n) is 11.2. The Labute approximate surface area is 234 Å². The average molecular weight is 563 g/mol. The van der Waals surface area contributed by atoms with Crippen molar-refractivity contribution in [2.24, 2.45) is 0 Å². The summed E-state index contributed by atoms with van der Waals surface area (Å²) < 4.78 is 11.8. The Morgan fingerprint density at radius 2 is 1.65 bits per heavy atom. The summed E-state index contributed by atoms with van der Waals surface area (Å²) in [4.78, 5) is 36.7. The first-order valence-electron chi connectivity index (χ1n) is 13.7. The van der Waals surface area contributed by atoms with Gasteiger partial charge in [0.05, 0.1) is 25.1 Å². The van der Waals surface area contributed by atoms with E-state index in [1.807, 2.05) is 0 Å². The molecule has 222 valence electrons. The van der Waals surface area contributed by atoms with E-state index >= 15 is 0 Å². The molecule has 2 aromatic rings. The molecule has 1 aliphatic carbocycles. The molecule has 5 N–H and O–H groups in total. The van der Waals surface area contributed by atoms with Crippen LogP contribution in [0.4, 0.5) is 0 Å².